The first-order chi connectivity index (χ1) is 8.75. The van der Waals surface area contributed by atoms with Crippen molar-refractivity contribution in [3.63, 3.8) is 0 Å². The first kappa shape index (κ1) is 8.76. The van der Waals surface area contributed by atoms with Gasteiger partial charge in [-0.25, -0.2) is 0 Å². The summed E-state index contributed by atoms with van der Waals surface area (Å²) < 4.78 is 0. The van der Waals surface area contributed by atoms with Crippen molar-refractivity contribution >= 4 is 0 Å². The van der Waals surface area contributed by atoms with Gasteiger partial charge in [-0.05, 0) is 60.2 Å². The Morgan fingerprint density at radius 3 is 1.78 bits per heavy atom. The lowest BCUT2D eigenvalue weighted by Gasteiger charge is -2.53. The molecule has 0 aromatic heterocycles. The van der Waals surface area contributed by atoms with Crippen molar-refractivity contribution in [1.29, 1.82) is 0 Å². The van der Waals surface area contributed by atoms with Crippen LogP contribution >= 0.6 is 0 Å². The summed E-state index contributed by atoms with van der Waals surface area (Å²) in [5, 5.41) is 21.8. The Balaban J connectivity index is 1.71. The van der Waals surface area contributed by atoms with Gasteiger partial charge in [-0.2, -0.15) is 0 Å². The Bertz CT molecular complexity index is 509. The van der Waals surface area contributed by atoms with Gasteiger partial charge >= 0.3 is 0 Å². The van der Waals surface area contributed by atoms with Crippen LogP contribution in [0.15, 0.2) is 12.2 Å². The van der Waals surface area contributed by atoms with Gasteiger partial charge in [-0.15, -0.1) is 0 Å². The molecule has 0 amide bonds. The van der Waals surface area contributed by atoms with Crippen molar-refractivity contribution < 1.29 is 10.2 Å². The van der Waals surface area contributed by atoms with E-state index in [0.29, 0.717) is 11.8 Å². The summed E-state index contributed by atoms with van der Waals surface area (Å²) in [6.07, 6.45) is 6.76. The zero-order valence-electron chi connectivity index (χ0n) is 10.2. The van der Waals surface area contributed by atoms with Crippen LogP contribution in [-0.4, -0.2) is 22.4 Å². The number of hydrogen-bond acceptors (Lipinski definition) is 2. The maximum Gasteiger partial charge on any atom is 0.0614 e. The quantitative estimate of drug-likeness (QED) is 0.623. The zero-order valence-corrected chi connectivity index (χ0v) is 10.2. The third-order valence-corrected chi connectivity index (χ3v) is 9.15. The Morgan fingerprint density at radius 2 is 1.28 bits per heavy atom. The summed E-state index contributed by atoms with van der Waals surface area (Å²) in [6.45, 7) is 0. The molecule has 0 heterocycles. The van der Waals surface area contributed by atoms with Crippen LogP contribution in [0.2, 0.25) is 0 Å². The first-order valence-electron chi connectivity index (χ1n) is 7.80. The molecule has 0 aliphatic heterocycles. The second-order valence-corrected chi connectivity index (χ2v) is 8.34. The highest BCUT2D eigenvalue weighted by Crippen LogP contribution is 2.99. The van der Waals surface area contributed by atoms with Crippen LogP contribution in [0.4, 0.5) is 0 Å². The van der Waals surface area contributed by atoms with E-state index in [1.807, 2.05) is 0 Å². The molecule has 8 aliphatic carbocycles. The third kappa shape index (κ3) is 0.419. The van der Waals surface area contributed by atoms with Gasteiger partial charge in [-0.3, -0.25) is 0 Å². The van der Waals surface area contributed by atoms with Crippen molar-refractivity contribution in [3.05, 3.63) is 12.2 Å². The number of aliphatic hydroxyl groups excluding tert-OH is 2. The van der Waals surface area contributed by atoms with Gasteiger partial charge in [0, 0.05) is 10.8 Å². The summed E-state index contributed by atoms with van der Waals surface area (Å²) in [6, 6.07) is 0. The third-order valence-electron chi connectivity index (χ3n) is 9.15. The molecular weight excluding hydrogens is 224 g/mol. The minimum atomic E-state index is -0.107. The number of fused-ring (bicyclic) bond motifs is 1. The highest BCUT2D eigenvalue weighted by Gasteiger charge is 2.98. The van der Waals surface area contributed by atoms with Crippen LogP contribution in [0.5, 0.6) is 0 Å². The highest BCUT2D eigenvalue weighted by atomic mass is 16.3. The van der Waals surface area contributed by atoms with Crippen molar-refractivity contribution in [3.8, 4) is 0 Å². The summed E-state index contributed by atoms with van der Waals surface area (Å²) in [5.41, 5.74) is 0.257. The minimum Gasteiger partial charge on any atom is -0.392 e. The molecule has 7 fully saturated rings. The molecule has 18 heavy (non-hydrogen) atoms. The highest BCUT2D eigenvalue weighted by molar-refractivity contribution is 5.50. The standard InChI is InChI=1S/C16H18O2/c17-9-3-5-6-4-10(18)16-8-2-1-7-11(8)12(14(6)16)13(5)15(7,9)16/h1-2,5-14,17-18H,3-4H2/t5-,6+,7-,8+,9+,10-,11?,12?,13-,14-,15-,16+/m0/s1. The summed E-state index contributed by atoms with van der Waals surface area (Å²) in [4.78, 5) is 0. The van der Waals surface area contributed by atoms with Gasteiger partial charge in [0.25, 0.3) is 0 Å². The molecule has 0 aromatic carbocycles. The van der Waals surface area contributed by atoms with Gasteiger partial charge in [0.1, 0.15) is 0 Å². The van der Waals surface area contributed by atoms with Crippen molar-refractivity contribution in [2.75, 3.05) is 0 Å². The molecule has 0 radical (unpaired) electrons. The largest absolute Gasteiger partial charge is 0.392 e. The maximum atomic E-state index is 10.9. The van der Waals surface area contributed by atoms with E-state index in [4.69, 9.17) is 0 Å². The van der Waals surface area contributed by atoms with Crippen LogP contribution in [0.1, 0.15) is 12.8 Å². The average Bonchev–Trinajstić information content (AvgIpc) is 3.06. The average molecular weight is 242 g/mol. The normalized spacial score (nSPS) is 86.1. The Labute approximate surface area is 106 Å². The fourth-order valence-electron chi connectivity index (χ4n) is 9.92. The molecule has 2 heteroatoms. The molecule has 0 saturated heterocycles. The molecule has 2 unspecified atom stereocenters. The summed E-state index contributed by atoms with van der Waals surface area (Å²) in [5.74, 6) is 6.05. The SMILES string of the molecule is O[C@@H]1C[C@H]2[C@H]3C[C@H](O)[C@]45[C@@H]6C=C[C@H]7C6C([C@H]34)[C@H]2[C@@]175. The summed E-state index contributed by atoms with van der Waals surface area (Å²) >= 11 is 0. The number of rotatable bonds is 0. The fraction of sp³-hybridized carbons (Fsp3) is 0.875. The molecule has 94 valence electrons. The van der Waals surface area contributed by atoms with Gasteiger partial charge in [-0.1, -0.05) is 12.2 Å². The van der Waals surface area contributed by atoms with E-state index >= 15 is 0 Å². The summed E-state index contributed by atoms with van der Waals surface area (Å²) in [7, 11) is 0. The second kappa shape index (κ2) is 1.96. The monoisotopic (exact) mass is 242 g/mol. The minimum absolute atomic E-state index is 0.107. The lowest BCUT2D eigenvalue weighted by atomic mass is 9.52. The van der Waals surface area contributed by atoms with Crippen LogP contribution < -0.4 is 0 Å². The molecule has 2 N–H and O–H groups in total. The molecule has 2 nitrogen and oxygen atoms in total. The smallest absolute Gasteiger partial charge is 0.0614 e. The molecular formula is C16H18O2. The van der Waals surface area contributed by atoms with Crippen LogP contribution in [0, 0.1) is 58.2 Å². The van der Waals surface area contributed by atoms with E-state index in [1.54, 1.807) is 0 Å². The second-order valence-electron chi connectivity index (χ2n) is 8.34. The molecule has 12 atom stereocenters. The number of hydrogen-bond donors (Lipinski definition) is 2. The van der Waals surface area contributed by atoms with Crippen molar-refractivity contribution in [1.82, 2.24) is 0 Å². The van der Waals surface area contributed by atoms with E-state index in [0.717, 1.165) is 48.3 Å². The van der Waals surface area contributed by atoms with Crippen molar-refractivity contribution in [2.45, 2.75) is 25.0 Å². The molecule has 0 aromatic rings. The van der Waals surface area contributed by atoms with Gasteiger partial charge in [0.2, 0.25) is 0 Å². The molecule has 7 saturated carbocycles. The number of allylic oxidation sites excluding steroid dienone is 2. The molecule has 2 spiro atoms. The van der Waals surface area contributed by atoms with E-state index in [9.17, 15) is 10.2 Å². The van der Waals surface area contributed by atoms with Gasteiger partial charge in [0.05, 0.1) is 12.2 Å². The van der Waals surface area contributed by atoms with E-state index in [-0.39, 0.29) is 23.0 Å². The topological polar surface area (TPSA) is 40.5 Å². The number of aliphatic hydroxyl groups is 2. The molecule has 8 aliphatic rings. The Kier molecular flexibility index (Phi) is 0.953. The van der Waals surface area contributed by atoms with Gasteiger partial charge in [0.15, 0.2) is 0 Å². The van der Waals surface area contributed by atoms with Gasteiger partial charge < -0.3 is 10.2 Å². The molecule has 8 bridgehead atoms. The van der Waals surface area contributed by atoms with Crippen molar-refractivity contribution in [2.24, 2.45) is 58.2 Å². The first-order valence-corrected chi connectivity index (χ1v) is 7.80. The maximum absolute atomic E-state index is 10.9. The Morgan fingerprint density at radius 1 is 0.778 bits per heavy atom. The van der Waals surface area contributed by atoms with E-state index in [1.165, 1.54) is 0 Å². The van der Waals surface area contributed by atoms with E-state index in [2.05, 4.69) is 12.2 Å². The Hall–Kier alpha value is -0.340. The predicted molar refractivity (Wildman–Crippen MR) is 63.2 cm³/mol. The van der Waals surface area contributed by atoms with Crippen LogP contribution in [-0.2, 0) is 0 Å². The van der Waals surface area contributed by atoms with E-state index < -0.39 is 0 Å². The fourth-order valence-corrected chi connectivity index (χ4v) is 9.92. The lowest BCUT2D eigenvalue weighted by Crippen LogP contribution is -2.56. The molecule has 8 rings (SSSR count). The lowest BCUT2D eigenvalue weighted by molar-refractivity contribution is -0.128. The van der Waals surface area contributed by atoms with Crippen LogP contribution in [0.25, 0.3) is 0 Å². The predicted octanol–water partition coefficient (Wildman–Crippen LogP) is 1.04. The zero-order chi connectivity index (χ0) is 11.6. The van der Waals surface area contributed by atoms with Crippen LogP contribution in [0.3, 0.4) is 0 Å².